The first-order valence-electron chi connectivity index (χ1n) is 11.6. The number of hydrogen-bond acceptors (Lipinski definition) is 7. The first-order valence-corrected chi connectivity index (χ1v) is 13.1. The van der Waals surface area contributed by atoms with Gasteiger partial charge in [-0.05, 0) is 51.0 Å². The Hall–Kier alpha value is -3.86. The van der Waals surface area contributed by atoms with Crippen LogP contribution in [0.25, 0.3) is 22.0 Å². The van der Waals surface area contributed by atoms with E-state index in [0.29, 0.717) is 45.9 Å². The van der Waals surface area contributed by atoms with E-state index in [0.717, 1.165) is 16.0 Å². The smallest absolute Gasteiger partial charge is 0.343 e. The van der Waals surface area contributed by atoms with E-state index < -0.39 is 15.7 Å². The summed E-state index contributed by atoms with van der Waals surface area (Å²) in [5.74, 6) is 0.692. The molecule has 0 amide bonds. The van der Waals surface area contributed by atoms with Crippen molar-refractivity contribution in [2.45, 2.75) is 45.6 Å². The number of rotatable bonds is 7. The number of fused-ring (bicyclic) bond motifs is 2. The van der Waals surface area contributed by atoms with Gasteiger partial charge in [0.05, 0.1) is 41.3 Å². The molecule has 3 aromatic heterocycles. The Morgan fingerprint density at radius 3 is 2.53 bits per heavy atom. The fourth-order valence-corrected chi connectivity index (χ4v) is 6.33. The molecule has 0 spiro atoms. The largest absolute Gasteiger partial charge is 0.494 e. The van der Waals surface area contributed by atoms with Crippen LogP contribution in [0.15, 0.2) is 50.6 Å². The number of ether oxygens (including phenoxy) is 1. The van der Waals surface area contributed by atoms with Gasteiger partial charge in [-0.2, -0.15) is 9.07 Å². The standard InChI is InChI=1S/C25H27N5O5S/c1-6-10-34-19-9-7-8-18(11-19)14-29-21-12-20-15(2)27-35-23(20)13-22(21)30(25(29)31)36(32,33)24-16(3)26-28(5)17(24)4/h7-9,11-13H,6,10,14H2,1-5H3. The Kier molecular flexibility index (Phi) is 5.74. The summed E-state index contributed by atoms with van der Waals surface area (Å²) in [6, 6.07) is 10.8. The summed E-state index contributed by atoms with van der Waals surface area (Å²) < 4.78 is 42.8. The fourth-order valence-electron chi connectivity index (χ4n) is 4.52. The van der Waals surface area contributed by atoms with Gasteiger partial charge >= 0.3 is 5.69 Å². The molecule has 0 aliphatic carbocycles. The molecule has 5 rings (SSSR count). The van der Waals surface area contributed by atoms with E-state index >= 15 is 0 Å². The van der Waals surface area contributed by atoms with Crippen molar-refractivity contribution in [1.82, 2.24) is 23.5 Å². The summed E-state index contributed by atoms with van der Waals surface area (Å²) in [5.41, 5.74) is 2.61. The van der Waals surface area contributed by atoms with E-state index in [-0.39, 0.29) is 17.0 Å². The quantitative estimate of drug-likeness (QED) is 0.329. The minimum Gasteiger partial charge on any atom is -0.494 e. The minimum atomic E-state index is -4.28. The monoisotopic (exact) mass is 509 g/mol. The molecule has 188 valence electrons. The van der Waals surface area contributed by atoms with Gasteiger partial charge in [-0.25, -0.2) is 13.2 Å². The molecule has 36 heavy (non-hydrogen) atoms. The van der Waals surface area contributed by atoms with Gasteiger partial charge < -0.3 is 9.26 Å². The van der Waals surface area contributed by atoms with Crippen LogP contribution in [0, 0.1) is 20.8 Å². The Morgan fingerprint density at radius 2 is 1.83 bits per heavy atom. The Bertz CT molecular complexity index is 1790. The highest BCUT2D eigenvalue weighted by Gasteiger charge is 2.31. The van der Waals surface area contributed by atoms with Crippen molar-refractivity contribution in [1.29, 1.82) is 0 Å². The highest BCUT2D eigenvalue weighted by Crippen LogP contribution is 2.29. The molecule has 0 atom stereocenters. The van der Waals surface area contributed by atoms with Gasteiger partial charge in [-0.3, -0.25) is 9.25 Å². The number of hydrogen-bond donors (Lipinski definition) is 0. The minimum absolute atomic E-state index is 0.00922. The van der Waals surface area contributed by atoms with Crippen molar-refractivity contribution in [3.8, 4) is 5.75 Å². The maximum atomic E-state index is 13.9. The normalized spacial score (nSPS) is 12.1. The molecule has 0 saturated heterocycles. The Morgan fingerprint density at radius 1 is 1.06 bits per heavy atom. The molecular formula is C25H27N5O5S. The van der Waals surface area contributed by atoms with Crippen LogP contribution in [0.1, 0.15) is 36.0 Å². The molecule has 2 aromatic carbocycles. The number of imidazole rings is 1. The van der Waals surface area contributed by atoms with Crippen molar-refractivity contribution in [2.75, 3.05) is 6.61 Å². The third-order valence-corrected chi connectivity index (χ3v) is 8.25. The van der Waals surface area contributed by atoms with E-state index in [2.05, 4.69) is 10.3 Å². The van der Waals surface area contributed by atoms with E-state index in [4.69, 9.17) is 9.26 Å². The van der Waals surface area contributed by atoms with Crippen molar-refractivity contribution in [3.63, 3.8) is 0 Å². The lowest BCUT2D eigenvalue weighted by molar-refractivity contribution is 0.317. The van der Waals surface area contributed by atoms with Crippen LogP contribution in [-0.2, 0) is 23.6 Å². The Balaban J connectivity index is 1.77. The van der Waals surface area contributed by atoms with Crippen molar-refractivity contribution in [2.24, 2.45) is 7.05 Å². The zero-order chi connectivity index (χ0) is 25.8. The number of benzene rings is 2. The molecule has 5 aromatic rings. The molecule has 11 heteroatoms. The van der Waals surface area contributed by atoms with Gasteiger partial charge in [0.1, 0.15) is 10.6 Å². The van der Waals surface area contributed by atoms with Crippen LogP contribution in [-0.4, -0.2) is 38.5 Å². The van der Waals surface area contributed by atoms with Gasteiger partial charge in [-0.15, -0.1) is 0 Å². The second kappa shape index (κ2) is 8.66. The second-order valence-electron chi connectivity index (χ2n) is 8.86. The predicted molar refractivity (Wildman–Crippen MR) is 135 cm³/mol. The van der Waals surface area contributed by atoms with Crippen LogP contribution < -0.4 is 10.4 Å². The number of aryl methyl sites for hydroxylation is 3. The molecule has 10 nitrogen and oxygen atoms in total. The summed E-state index contributed by atoms with van der Waals surface area (Å²) in [6.45, 7) is 7.83. The van der Waals surface area contributed by atoms with E-state index in [1.165, 1.54) is 9.25 Å². The summed E-state index contributed by atoms with van der Waals surface area (Å²) in [6.07, 6.45) is 0.871. The summed E-state index contributed by atoms with van der Waals surface area (Å²) in [5, 5.41) is 8.96. The van der Waals surface area contributed by atoms with Crippen LogP contribution in [0.3, 0.4) is 0 Å². The fraction of sp³-hybridized carbons (Fsp3) is 0.320. The molecule has 0 radical (unpaired) electrons. The lowest BCUT2D eigenvalue weighted by atomic mass is 10.2. The predicted octanol–water partition coefficient (Wildman–Crippen LogP) is 3.68. The SMILES string of the molecule is CCCOc1cccc(Cn2c(=O)n(S(=O)(=O)c3c(C)nn(C)c3C)c3cc4onc(C)c4cc32)c1. The van der Waals surface area contributed by atoms with E-state index in [1.807, 2.05) is 31.2 Å². The van der Waals surface area contributed by atoms with Gasteiger partial charge in [-0.1, -0.05) is 24.2 Å². The van der Waals surface area contributed by atoms with Crippen molar-refractivity contribution >= 4 is 32.0 Å². The average Bonchev–Trinajstić information content (AvgIpc) is 3.42. The van der Waals surface area contributed by atoms with E-state index in [1.54, 1.807) is 40.0 Å². The molecule has 0 aliphatic heterocycles. The topological polar surface area (TPSA) is 114 Å². The lowest BCUT2D eigenvalue weighted by Gasteiger charge is -2.08. The number of nitrogens with zero attached hydrogens (tertiary/aromatic N) is 5. The van der Waals surface area contributed by atoms with Gasteiger partial charge in [0.2, 0.25) is 0 Å². The molecule has 0 fully saturated rings. The first-order chi connectivity index (χ1) is 17.1. The van der Waals surface area contributed by atoms with Gasteiger partial charge in [0, 0.05) is 18.5 Å². The first kappa shape index (κ1) is 23.9. The molecular weight excluding hydrogens is 482 g/mol. The molecule has 0 bridgehead atoms. The van der Waals surface area contributed by atoms with Crippen LogP contribution in [0.2, 0.25) is 0 Å². The summed E-state index contributed by atoms with van der Waals surface area (Å²) in [4.78, 5) is 13.8. The van der Waals surface area contributed by atoms with Gasteiger partial charge in [0.15, 0.2) is 5.58 Å². The van der Waals surface area contributed by atoms with E-state index in [9.17, 15) is 13.2 Å². The second-order valence-corrected chi connectivity index (χ2v) is 10.6. The lowest BCUT2D eigenvalue weighted by Crippen LogP contribution is -2.30. The van der Waals surface area contributed by atoms with Crippen LogP contribution in [0.5, 0.6) is 5.75 Å². The van der Waals surface area contributed by atoms with Gasteiger partial charge in [0.25, 0.3) is 10.0 Å². The third-order valence-electron chi connectivity index (χ3n) is 6.31. The molecule has 0 N–H and O–H groups in total. The average molecular weight is 510 g/mol. The zero-order valence-corrected chi connectivity index (χ0v) is 21.6. The Labute approximate surface area is 207 Å². The molecule has 0 saturated carbocycles. The third kappa shape index (κ3) is 3.70. The highest BCUT2D eigenvalue weighted by molar-refractivity contribution is 7.90. The van der Waals surface area contributed by atoms with Crippen LogP contribution >= 0.6 is 0 Å². The molecule has 3 heterocycles. The number of aromatic nitrogens is 5. The molecule has 0 unspecified atom stereocenters. The van der Waals surface area contributed by atoms with Crippen molar-refractivity contribution < 1.29 is 17.7 Å². The maximum Gasteiger partial charge on any atom is 0.343 e. The molecule has 0 aliphatic rings. The van der Waals surface area contributed by atoms with Crippen molar-refractivity contribution in [3.05, 3.63) is 69.5 Å². The zero-order valence-electron chi connectivity index (χ0n) is 20.8. The maximum absolute atomic E-state index is 13.9. The van der Waals surface area contributed by atoms with Crippen LogP contribution in [0.4, 0.5) is 0 Å². The highest BCUT2D eigenvalue weighted by atomic mass is 32.2. The summed E-state index contributed by atoms with van der Waals surface area (Å²) >= 11 is 0. The summed E-state index contributed by atoms with van der Waals surface area (Å²) in [7, 11) is -2.61.